The zero-order valence-corrected chi connectivity index (χ0v) is 14.7. The van der Waals surface area contributed by atoms with Crippen molar-refractivity contribution in [2.24, 2.45) is 11.7 Å². The fourth-order valence-electron chi connectivity index (χ4n) is 3.64. The number of carbonyl (C=O) groups is 1. The van der Waals surface area contributed by atoms with Gasteiger partial charge in [-0.1, -0.05) is 18.2 Å². The number of anilines is 2. The molecule has 4 nitrogen and oxygen atoms in total. The summed E-state index contributed by atoms with van der Waals surface area (Å²) in [7, 11) is 0. The Morgan fingerprint density at radius 2 is 1.88 bits per heavy atom. The van der Waals surface area contributed by atoms with Crippen LogP contribution >= 0.6 is 0 Å². The summed E-state index contributed by atoms with van der Waals surface area (Å²) in [5.41, 5.74) is 11.1. The number of alkyl halides is 1. The van der Waals surface area contributed by atoms with E-state index in [0.29, 0.717) is 18.7 Å². The number of rotatable bonds is 5. The Morgan fingerprint density at radius 3 is 2.58 bits per heavy atom. The Kier molecular flexibility index (Phi) is 4.64. The number of carbonyl (C=O) groups excluding carboxylic acids is 1. The molecule has 136 valence electrons. The maximum absolute atomic E-state index is 13.0. The van der Waals surface area contributed by atoms with E-state index in [1.165, 1.54) is 18.5 Å². The van der Waals surface area contributed by atoms with E-state index in [2.05, 4.69) is 28.4 Å². The summed E-state index contributed by atoms with van der Waals surface area (Å²) in [5.74, 6) is -0.719. The van der Waals surface area contributed by atoms with Crippen molar-refractivity contribution < 1.29 is 9.18 Å². The third-order valence-electron chi connectivity index (χ3n) is 5.26. The van der Waals surface area contributed by atoms with Gasteiger partial charge < -0.3 is 16.0 Å². The number of amides is 1. The van der Waals surface area contributed by atoms with E-state index in [0.717, 1.165) is 29.8 Å². The van der Waals surface area contributed by atoms with Crippen LogP contribution < -0.4 is 16.0 Å². The van der Waals surface area contributed by atoms with Gasteiger partial charge >= 0.3 is 0 Å². The second-order valence-electron chi connectivity index (χ2n) is 7.17. The average molecular weight is 353 g/mol. The van der Waals surface area contributed by atoms with Gasteiger partial charge in [0.05, 0.1) is 5.92 Å². The van der Waals surface area contributed by atoms with Crippen molar-refractivity contribution in [3.8, 4) is 11.1 Å². The predicted octanol–water partition coefficient (Wildman–Crippen LogP) is 3.71. The van der Waals surface area contributed by atoms with Crippen molar-refractivity contribution in [1.29, 1.82) is 0 Å². The summed E-state index contributed by atoms with van der Waals surface area (Å²) in [5, 5.41) is 2.82. The predicted molar refractivity (Wildman–Crippen MR) is 103 cm³/mol. The lowest BCUT2D eigenvalue weighted by molar-refractivity contribution is -0.117. The van der Waals surface area contributed by atoms with Gasteiger partial charge in [0.2, 0.25) is 5.91 Å². The van der Waals surface area contributed by atoms with Crippen LogP contribution in [0.4, 0.5) is 15.8 Å². The zero-order chi connectivity index (χ0) is 18.1. The van der Waals surface area contributed by atoms with Gasteiger partial charge in [0.1, 0.15) is 6.17 Å². The molecule has 5 heteroatoms. The topological polar surface area (TPSA) is 58.4 Å². The Labute approximate surface area is 153 Å². The highest BCUT2D eigenvalue weighted by molar-refractivity contribution is 5.95. The summed E-state index contributed by atoms with van der Waals surface area (Å²) in [4.78, 5) is 14.3. The van der Waals surface area contributed by atoms with Crippen LogP contribution in [-0.4, -0.2) is 25.2 Å². The van der Waals surface area contributed by atoms with Crippen LogP contribution in [0.5, 0.6) is 0 Å². The molecule has 0 spiro atoms. The van der Waals surface area contributed by atoms with Crippen LogP contribution in [0.25, 0.3) is 11.1 Å². The van der Waals surface area contributed by atoms with E-state index >= 15 is 0 Å². The Hall–Kier alpha value is -2.40. The molecule has 1 saturated heterocycles. The van der Waals surface area contributed by atoms with Crippen LogP contribution in [0.15, 0.2) is 42.5 Å². The first-order valence-corrected chi connectivity index (χ1v) is 9.29. The van der Waals surface area contributed by atoms with Gasteiger partial charge in [0.25, 0.3) is 0 Å². The summed E-state index contributed by atoms with van der Waals surface area (Å²) in [6, 6.07) is 14.1. The molecule has 2 atom stereocenters. The SMILES string of the molecule is NCc1cc(-c2cccc(NC(=O)C3C[C@H]3F)c2)ccc1N1CCCC1. The molecule has 1 aliphatic carbocycles. The first-order valence-electron chi connectivity index (χ1n) is 9.29. The van der Waals surface area contributed by atoms with Crippen LogP contribution in [0.1, 0.15) is 24.8 Å². The minimum atomic E-state index is -0.983. The highest BCUT2D eigenvalue weighted by atomic mass is 19.1. The van der Waals surface area contributed by atoms with Crippen molar-refractivity contribution in [2.45, 2.75) is 32.0 Å². The smallest absolute Gasteiger partial charge is 0.230 e. The summed E-state index contributed by atoms with van der Waals surface area (Å²) in [6.45, 7) is 2.67. The second kappa shape index (κ2) is 7.08. The minimum absolute atomic E-state index is 0.235. The molecule has 2 aliphatic rings. The molecule has 0 aromatic heterocycles. The number of nitrogens with two attached hydrogens (primary N) is 1. The van der Waals surface area contributed by atoms with Crippen molar-refractivity contribution in [3.63, 3.8) is 0 Å². The minimum Gasteiger partial charge on any atom is -0.371 e. The molecule has 2 aromatic carbocycles. The molecule has 0 bridgehead atoms. The van der Waals surface area contributed by atoms with E-state index in [9.17, 15) is 9.18 Å². The van der Waals surface area contributed by atoms with E-state index in [1.807, 2.05) is 24.3 Å². The number of benzene rings is 2. The van der Waals surface area contributed by atoms with E-state index in [4.69, 9.17) is 5.73 Å². The van der Waals surface area contributed by atoms with Crippen molar-refractivity contribution in [1.82, 2.24) is 0 Å². The summed E-state index contributed by atoms with van der Waals surface area (Å²) in [6.07, 6.45) is 1.81. The molecule has 0 radical (unpaired) electrons. The lowest BCUT2D eigenvalue weighted by Crippen LogP contribution is -2.20. The molecule has 2 aromatic rings. The van der Waals surface area contributed by atoms with Crippen molar-refractivity contribution >= 4 is 17.3 Å². The molecule has 1 heterocycles. The number of hydrogen-bond donors (Lipinski definition) is 2. The maximum Gasteiger partial charge on any atom is 0.230 e. The fraction of sp³-hybridized carbons (Fsp3) is 0.381. The quantitative estimate of drug-likeness (QED) is 0.861. The lowest BCUT2D eigenvalue weighted by atomic mass is 10.0. The molecule has 1 saturated carbocycles. The van der Waals surface area contributed by atoms with E-state index in [1.54, 1.807) is 0 Å². The molecule has 4 rings (SSSR count). The van der Waals surface area contributed by atoms with Gasteiger partial charge in [-0.2, -0.15) is 0 Å². The summed E-state index contributed by atoms with van der Waals surface area (Å²) >= 11 is 0. The Morgan fingerprint density at radius 1 is 1.15 bits per heavy atom. The van der Waals surface area contributed by atoms with E-state index < -0.39 is 12.1 Å². The molecule has 2 fully saturated rings. The highest BCUT2D eigenvalue weighted by Gasteiger charge is 2.43. The maximum atomic E-state index is 13.0. The van der Waals surface area contributed by atoms with Crippen LogP contribution in [0.3, 0.4) is 0 Å². The summed E-state index contributed by atoms with van der Waals surface area (Å²) < 4.78 is 13.0. The molecule has 1 amide bonds. The molecule has 26 heavy (non-hydrogen) atoms. The van der Waals surface area contributed by atoms with Gasteiger partial charge in [-0.15, -0.1) is 0 Å². The lowest BCUT2D eigenvalue weighted by Gasteiger charge is -2.21. The average Bonchev–Trinajstić information content (AvgIpc) is 3.17. The third kappa shape index (κ3) is 3.44. The number of nitrogens with one attached hydrogen (secondary N) is 1. The monoisotopic (exact) mass is 353 g/mol. The van der Waals surface area contributed by atoms with Crippen LogP contribution in [-0.2, 0) is 11.3 Å². The van der Waals surface area contributed by atoms with Gasteiger partial charge in [-0.25, -0.2) is 4.39 Å². The van der Waals surface area contributed by atoms with Gasteiger partial charge in [-0.05, 0) is 60.2 Å². The third-order valence-corrected chi connectivity index (χ3v) is 5.26. The van der Waals surface area contributed by atoms with Gasteiger partial charge in [-0.3, -0.25) is 4.79 Å². The number of hydrogen-bond acceptors (Lipinski definition) is 3. The van der Waals surface area contributed by atoms with Gasteiger partial charge in [0, 0.05) is 31.0 Å². The van der Waals surface area contributed by atoms with Crippen molar-refractivity contribution in [2.75, 3.05) is 23.3 Å². The molecule has 3 N–H and O–H groups in total. The first-order chi connectivity index (χ1) is 12.7. The normalized spacial score (nSPS) is 21.7. The van der Waals surface area contributed by atoms with Gasteiger partial charge in [0.15, 0.2) is 0 Å². The molecule has 1 aliphatic heterocycles. The molecule has 1 unspecified atom stereocenters. The molecular formula is C21H24FN3O. The number of halogens is 1. The van der Waals surface area contributed by atoms with Crippen molar-refractivity contribution in [3.05, 3.63) is 48.0 Å². The Balaban J connectivity index is 1.56. The largest absolute Gasteiger partial charge is 0.371 e. The highest BCUT2D eigenvalue weighted by Crippen LogP contribution is 2.35. The molecular weight excluding hydrogens is 329 g/mol. The van der Waals surface area contributed by atoms with Crippen LogP contribution in [0, 0.1) is 5.92 Å². The Bertz CT molecular complexity index is 817. The first kappa shape index (κ1) is 17.0. The van der Waals surface area contributed by atoms with E-state index in [-0.39, 0.29) is 5.91 Å². The standard InChI is InChI=1S/C21H24FN3O/c22-19-12-18(19)21(26)24-17-5-3-4-14(11-17)15-6-7-20(16(10-15)13-23)25-8-1-2-9-25/h3-7,10-11,18-19H,1-2,8-9,12-13,23H2,(H,24,26)/t18?,19-/m1/s1. The second-order valence-corrected chi connectivity index (χ2v) is 7.17. The zero-order valence-electron chi connectivity index (χ0n) is 14.7. The number of nitrogens with zero attached hydrogens (tertiary/aromatic N) is 1. The van der Waals surface area contributed by atoms with Crippen LogP contribution in [0.2, 0.25) is 0 Å². The fourth-order valence-corrected chi connectivity index (χ4v) is 3.64.